The summed E-state index contributed by atoms with van der Waals surface area (Å²) in [5, 5.41) is 0. The van der Waals surface area contributed by atoms with Crippen LogP contribution in [0.1, 0.15) is 27.7 Å². The maximum Gasteiger partial charge on any atom is -0.147 e. The Morgan fingerprint density at radius 1 is 0.947 bits per heavy atom. The SMILES string of the molecule is CC1=C(C)C(C)[C]([Zr][NH]c2ccccc2)=C1C.Cl.Cl. The van der Waals surface area contributed by atoms with Gasteiger partial charge in [0.25, 0.3) is 0 Å². The van der Waals surface area contributed by atoms with Crippen LogP contribution < -0.4 is 3.26 Å². The van der Waals surface area contributed by atoms with Gasteiger partial charge in [0, 0.05) is 0 Å². The minimum absolute atomic E-state index is 0. The Hall–Kier alpha value is -0.0369. The van der Waals surface area contributed by atoms with Gasteiger partial charge < -0.3 is 0 Å². The zero-order valence-corrected chi connectivity index (χ0v) is 15.9. The number of halogens is 2. The van der Waals surface area contributed by atoms with Crippen molar-refractivity contribution in [2.45, 2.75) is 27.7 Å². The van der Waals surface area contributed by atoms with Crippen LogP contribution in [0.15, 0.2) is 50.3 Å². The van der Waals surface area contributed by atoms with E-state index in [1.165, 1.54) is 11.3 Å². The predicted molar refractivity (Wildman–Crippen MR) is 84.8 cm³/mol. The van der Waals surface area contributed by atoms with E-state index in [1.807, 2.05) is 0 Å². The Morgan fingerprint density at radius 2 is 1.53 bits per heavy atom. The molecule has 19 heavy (non-hydrogen) atoms. The second-order valence-corrected chi connectivity index (χ2v) is 7.24. The smallest absolute Gasteiger partial charge is 0.147 e. The third-order valence-corrected chi connectivity index (χ3v) is 7.42. The molecule has 0 aromatic heterocycles. The average Bonchev–Trinajstić information content (AvgIpc) is 2.54. The summed E-state index contributed by atoms with van der Waals surface area (Å²) in [5.41, 5.74) is 5.90. The first-order chi connectivity index (χ1) is 8.11. The van der Waals surface area contributed by atoms with Crippen LogP contribution in [0, 0.1) is 5.92 Å². The van der Waals surface area contributed by atoms with Gasteiger partial charge in [-0.1, -0.05) is 0 Å². The topological polar surface area (TPSA) is 12.0 Å². The van der Waals surface area contributed by atoms with E-state index in [0.29, 0.717) is 5.92 Å². The number of rotatable bonds is 3. The molecule has 104 valence electrons. The molecule has 1 aliphatic carbocycles. The third kappa shape index (κ3) is 4.21. The molecule has 1 N–H and O–H groups in total. The molecule has 1 aromatic rings. The quantitative estimate of drug-likeness (QED) is 0.763. The molecule has 0 spiro atoms. The summed E-state index contributed by atoms with van der Waals surface area (Å²) in [6.45, 7) is 9.16. The van der Waals surface area contributed by atoms with Crippen molar-refractivity contribution in [2.75, 3.05) is 3.26 Å². The van der Waals surface area contributed by atoms with E-state index in [0.717, 1.165) is 0 Å². The van der Waals surface area contributed by atoms with E-state index in [9.17, 15) is 0 Å². The number of hydrogen-bond donors (Lipinski definition) is 1. The number of allylic oxidation sites excluding steroid dienone is 4. The van der Waals surface area contributed by atoms with Gasteiger partial charge in [-0.3, -0.25) is 0 Å². The molecule has 0 fully saturated rings. The summed E-state index contributed by atoms with van der Waals surface area (Å²) in [5.74, 6) is 0.665. The van der Waals surface area contributed by atoms with Crippen LogP contribution in [0.4, 0.5) is 5.69 Å². The Labute approximate surface area is 140 Å². The monoisotopic (exact) mass is 375 g/mol. The zero-order chi connectivity index (χ0) is 12.4. The molecular weight excluding hydrogens is 356 g/mol. The fourth-order valence-electron chi connectivity index (χ4n) is 2.23. The fourth-order valence-corrected chi connectivity index (χ4v) is 5.31. The van der Waals surface area contributed by atoms with E-state index < -0.39 is 23.5 Å². The van der Waals surface area contributed by atoms with Crippen LogP contribution in [-0.2, 0) is 23.5 Å². The van der Waals surface area contributed by atoms with Crippen molar-refractivity contribution in [1.82, 2.24) is 0 Å². The second kappa shape index (κ2) is 8.29. The minimum atomic E-state index is -0.679. The first-order valence-corrected chi connectivity index (χ1v) is 8.52. The first kappa shape index (κ1) is 19.0. The molecule has 0 amide bonds. The predicted octanol–water partition coefficient (Wildman–Crippen LogP) is 5.20. The Balaban J connectivity index is 0.00000162. The maximum absolute atomic E-state index is 3.67. The van der Waals surface area contributed by atoms with Crippen molar-refractivity contribution < 1.29 is 23.5 Å². The van der Waals surface area contributed by atoms with Gasteiger partial charge in [-0.05, 0) is 0 Å². The van der Waals surface area contributed by atoms with Gasteiger partial charge in [0.1, 0.15) is 0 Å². The molecule has 0 heterocycles. The van der Waals surface area contributed by atoms with E-state index in [-0.39, 0.29) is 24.8 Å². The molecule has 1 aromatic carbocycles. The largest absolute Gasteiger partial charge is 0.147 e. The number of anilines is 1. The Bertz CT molecular complexity index is 480. The summed E-state index contributed by atoms with van der Waals surface area (Å²) in [6, 6.07) is 10.6. The van der Waals surface area contributed by atoms with E-state index >= 15 is 0 Å². The minimum Gasteiger partial charge on any atom is -0.147 e. The zero-order valence-electron chi connectivity index (χ0n) is 11.8. The van der Waals surface area contributed by atoms with Crippen LogP contribution in [0.3, 0.4) is 0 Å². The summed E-state index contributed by atoms with van der Waals surface area (Å²) >= 11 is -0.679. The van der Waals surface area contributed by atoms with Crippen molar-refractivity contribution >= 4 is 30.5 Å². The first-order valence-electron chi connectivity index (χ1n) is 6.07. The van der Waals surface area contributed by atoms with Crippen LogP contribution in [-0.4, -0.2) is 0 Å². The molecule has 1 atom stereocenters. The van der Waals surface area contributed by atoms with E-state index in [1.54, 1.807) is 14.4 Å². The maximum atomic E-state index is 3.67. The molecule has 0 radical (unpaired) electrons. The van der Waals surface area contributed by atoms with Crippen LogP contribution in [0.2, 0.25) is 0 Å². The van der Waals surface area contributed by atoms with E-state index in [4.69, 9.17) is 0 Å². The van der Waals surface area contributed by atoms with Crippen molar-refractivity contribution in [3.8, 4) is 0 Å². The summed E-state index contributed by atoms with van der Waals surface area (Å²) < 4.78 is 5.38. The molecule has 0 bridgehead atoms. The van der Waals surface area contributed by atoms with Gasteiger partial charge in [-0.25, -0.2) is 0 Å². The summed E-state index contributed by atoms with van der Waals surface area (Å²) in [4.78, 5) is 0. The van der Waals surface area contributed by atoms with Crippen molar-refractivity contribution in [2.24, 2.45) is 5.92 Å². The van der Waals surface area contributed by atoms with Crippen molar-refractivity contribution in [3.05, 3.63) is 50.3 Å². The van der Waals surface area contributed by atoms with Gasteiger partial charge in [-0.15, -0.1) is 24.8 Å². The number of hydrogen-bond acceptors (Lipinski definition) is 1. The molecule has 0 saturated heterocycles. The van der Waals surface area contributed by atoms with Crippen molar-refractivity contribution in [1.29, 1.82) is 0 Å². The molecule has 1 aliphatic rings. The molecule has 1 unspecified atom stereocenters. The molecule has 0 saturated carbocycles. The van der Waals surface area contributed by atoms with E-state index in [2.05, 4.69) is 61.3 Å². The average molecular weight is 377 g/mol. The molecule has 1 nitrogen and oxygen atoms in total. The van der Waals surface area contributed by atoms with Crippen molar-refractivity contribution in [3.63, 3.8) is 0 Å². The van der Waals surface area contributed by atoms with Crippen LogP contribution in [0.5, 0.6) is 0 Å². The Kier molecular flexibility index (Phi) is 8.28. The van der Waals surface area contributed by atoms with Crippen LogP contribution in [0.25, 0.3) is 0 Å². The number of nitrogens with one attached hydrogen (secondary N) is 1. The summed E-state index contributed by atoms with van der Waals surface area (Å²) in [7, 11) is 0. The number of benzene rings is 1. The van der Waals surface area contributed by atoms with Crippen LogP contribution >= 0.6 is 24.8 Å². The molecular formula is C15H21Cl2NZr. The standard InChI is InChI=1S/C9H13.C6H6N.2ClH.Zr/c1-6-5-7(2)9(4)8(6)3;7-6-4-2-1-3-5-6;;;/h6H,1-4H3;1-5,7H;2*1H;/q;-1;;;+1. The normalized spacial score (nSPS) is 17.8. The molecule has 4 heteroatoms. The van der Waals surface area contributed by atoms with Gasteiger partial charge in [0.15, 0.2) is 0 Å². The number of para-hydroxylation sites is 1. The summed E-state index contributed by atoms with van der Waals surface area (Å²) in [6.07, 6.45) is 0. The molecule has 0 aliphatic heterocycles. The molecule has 2 rings (SSSR count). The van der Waals surface area contributed by atoms with Gasteiger partial charge in [0.05, 0.1) is 0 Å². The van der Waals surface area contributed by atoms with Gasteiger partial charge in [0.2, 0.25) is 0 Å². The second-order valence-electron chi connectivity index (χ2n) is 4.68. The fraction of sp³-hybridized carbons (Fsp3) is 0.333. The third-order valence-electron chi connectivity index (χ3n) is 3.76. The Morgan fingerprint density at radius 3 is 2.00 bits per heavy atom. The van der Waals surface area contributed by atoms with Gasteiger partial charge >= 0.3 is 116 Å². The van der Waals surface area contributed by atoms with Gasteiger partial charge in [-0.2, -0.15) is 0 Å².